The fourth-order valence-corrected chi connectivity index (χ4v) is 0.335. The van der Waals surface area contributed by atoms with Crippen molar-refractivity contribution in [2.24, 2.45) is 9.98 Å². The van der Waals surface area contributed by atoms with Crippen molar-refractivity contribution in [3.63, 3.8) is 0 Å². The molecular formula is C4H5KN2O. The third-order valence-corrected chi connectivity index (χ3v) is 0.614. The third-order valence-electron chi connectivity index (χ3n) is 0.614. The first kappa shape index (κ1) is 8.65. The molecule has 0 atom stereocenters. The van der Waals surface area contributed by atoms with Gasteiger partial charge in [-0.25, -0.2) is 4.99 Å². The van der Waals surface area contributed by atoms with E-state index in [1.54, 1.807) is 0 Å². The van der Waals surface area contributed by atoms with Gasteiger partial charge in [-0.15, -0.1) is 0 Å². The Bertz CT molecular complexity index is 141. The summed E-state index contributed by atoms with van der Waals surface area (Å²) in [5.74, 6) is -0.0255. The summed E-state index contributed by atoms with van der Waals surface area (Å²) in [6.45, 7) is 0.267. The predicted octanol–water partition coefficient (Wildman–Crippen LogP) is -0.980. The molecule has 1 aliphatic rings. The topological polar surface area (TPSA) is 41.8 Å². The molecule has 0 N–H and O–H groups in total. The van der Waals surface area contributed by atoms with Crippen molar-refractivity contribution in [2.75, 3.05) is 6.54 Å². The van der Waals surface area contributed by atoms with Gasteiger partial charge >= 0.3 is 51.4 Å². The van der Waals surface area contributed by atoms with E-state index in [0.29, 0.717) is 0 Å². The van der Waals surface area contributed by atoms with Crippen molar-refractivity contribution in [2.45, 2.75) is 0 Å². The van der Waals surface area contributed by atoms with Crippen LogP contribution >= 0.6 is 0 Å². The summed E-state index contributed by atoms with van der Waals surface area (Å²) < 4.78 is 0. The Hall–Kier alpha value is 0.646. The average Bonchev–Trinajstić information content (AvgIpc) is 1.69. The Morgan fingerprint density at radius 3 is 2.62 bits per heavy atom. The Morgan fingerprint density at radius 1 is 1.62 bits per heavy atom. The summed E-state index contributed by atoms with van der Waals surface area (Å²) in [6.07, 6.45) is 2.65. The zero-order chi connectivity index (χ0) is 5.11. The Morgan fingerprint density at radius 2 is 2.38 bits per heavy atom. The number of rotatable bonds is 0. The third kappa shape index (κ3) is 2.83. The minimum atomic E-state index is -0.0255. The summed E-state index contributed by atoms with van der Waals surface area (Å²) >= 11 is 0. The Balaban J connectivity index is 0.000000490. The molecule has 0 bridgehead atoms. The first-order valence-corrected chi connectivity index (χ1v) is 1.94. The van der Waals surface area contributed by atoms with Crippen LogP contribution in [0, 0.1) is 0 Å². The van der Waals surface area contributed by atoms with E-state index in [1.165, 1.54) is 12.6 Å². The van der Waals surface area contributed by atoms with Crippen LogP contribution in [0.2, 0.25) is 0 Å². The average molecular weight is 136 g/mol. The van der Waals surface area contributed by atoms with E-state index in [4.69, 9.17) is 0 Å². The summed E-state index contributed by atoms with van der Waals surface area (Å²) in [5, 5.41) is 0. The summed E-state index contributed by atoms with van der Waals surface area (Å²) in [4.78, 5) is 17.3. The summed E-state index contributed by atoms with van der Waals surface area (Å²) in [5.41, 5.74) is 0. The van der Waals surface area contributed by atoms with Gasteiger partial charge in [0.05, 0.1) is 6.21 Å². The first-order valence-electron chi connectivity index (χ1n) is 1.94. The molecule has 0 aromatic rings. The second-order valence-corrected chi connectivity index (χ2v) is 1.20. The van der Waals surface area contributed by atoms with Crippen molar-refractivity contribution in [1.82, 2.24) is 0 Å². The van der Waals surface area contributed by atoms with E-state index in [2.05, 4.69) is 9.98 Å². The van der Waals surface area contributed by atoms with Crippen molar-refractivity contribution < 1.29 is 4.79 Å². The number of aliphatic imine (C=N–C) groups is 2. The number of Topliss-reactive ketones (excluding diaryl/α,β-unsaturated/α-hetero) is 1. The number of carbonyl (C=O) groups is 1. The monoisotopic (exact) mass is 136 g/mol. The molecule has 1 heterocycles. The molecule has 0 saturated heterocycles. The predicted molar refractivity (Wildman–Crippen MR) is 34.0 cm³/mol. The molecule has 8 heavy (non-hydrogen) atoms. The van der Waals surface area contributed by atoms with Crippen LogP contribution in [0.25, 0.3) is 0 Å². The van der Waals surface area contributed by atoms with E-state index in [0.717, 1.165) is 0 Å². The molecule has 0 radical (unpaired) electrons. The molecule has 0 aromatic carbocycles. The standard InChI is InChI=1S/C4H4N2O.K.H/c7-4-1-5-3-6-2-4;;/h1,3H,2H2;;. The zero-order valence-corrected chi connectivity index (χ0v) is 3.66. The van der Waals surface area contributed by atoms with Crippen LogP contribution in [-0.4, -0.2) is 76.3 Å². The molecule has 0 aliphatic carbocycles. The molecule has 0 aromatic heterocycles. The van der Waals surface area contributed by atoms with Gasteiger partial charge in [-0.3, -0.25) is 9.79 Å². The van der Waals surface area contributed by atoms with Gasteiger partial charge in [-0.1, -0.05) is 0 Å². The molecule has 3 nitrogen and oxygen atoms in total. The van der Waals surface area contributed by atoms with Gasteiger partial charge in [0.15, 0.2) is 5.78 Å². The number of hydrogen-bond donors (Lipinski definition) is 0. The van der Waals surface area contributed by atoms with Gasteiger partial charge in [0.2, 0.25) is 0 Å². The Labute approximate surface area is 89.7 Å². The molecule has 4 heteroatoms. The van der Waals surface area contributed by atoms with Crippen molar-refractivity contribution in [3.8, 4) is 0 Å². The maximum atomic E-state index is 10.2. The molecular weight excluding hydrogens is 131 g/mol. The van der Waals surface area contributed by atoms with E-state index in [9.17, 15) is 4.79 Å². The van der Waals surface area contributed by atoms with Crippen LogP contribution in [0.15, 0.2) is 9.98 Å². The molecule has 1 rings (SSSR count). The van der Waals surface area contributed by atoms with Gasteiger partial charge in [0, 0.05) is 0 Å². The molecule has 0 amide bonds. The number of carbonyl (C=O) groups excluding carboxylic acids is 1. The fourth-order valence-electron chi connectivity index (χ4n) is 0.335. The fraction of sp³-hybridized carbons (Fsp3) is 0.250. The van der Waals surface area contributed by atoms with Crippen LogP contribution in [0.3, 0.4) is 0 Å². The van der Waals surface area contributed by atoms with Crippen molar-refractivity contribution in [3.05, 3.63) is 0 Å². The summed E-state index contributed by atoms with van der Waals surface area (Å²) in [7, 11) is 0. The van der Waals surface area contributed by atoms with Crippen LogP contribution in [0.5, 0.6) is 0 Å². The second-order valence-electron chi connectivity index (χ2n) is 1.20. The minimum absolute atomic E-state index is 0. The molecule has 1 aliphatic heterocycles. The number of hydrogen-bond acceptors (Lipinski definition) is 3. The first-order chi connectivity index (χ1) is 3.39. The summed E-state index contributed by atoms with van der Waals surface area (Å²) in [6, 6.07) is 0. The Kier molecular flexibility index (Phi) is 4.88. The van der Waals surface area contributed by atoms with E-state index >= 15 is 0 Å². The van der Waals surface area contributed by atoms with Crippen LogP contribution in [0.1, 0.15) is 0 Å². The van der Waals surface area contributed by atoms with Gasteiger partial charge in [0.25, 0.3) is 0 Å². The zero-order valence-electron chi connectivity index (χ0n) is 3.66. The second kappa shape index (κ2) is 4.52. The van der Waals surface area contributed by atoms with Gasteiger partial charge < -0.3 is 0 Å². The van der Waals surface area contributed by atoms with Crippen LogP contribution in [0.4, 0.5) is 0 Å². The van der Waals surface area contributed by atoms with Gasteiger partial charge in [0.1, 0.15) is 12.9 Å². The van der Waals surface area contributed by atoms with Crippen molar-refractivity contribution in [1.29, 1.82) is 0 Å². The van der Waals surface area contributed by atoms with E-state index in [-0.39, 0.29) is 63.7 Å². The SMILES string of the molecule is O=C1C=NC=NC1.[KH]. The van der Waals surface area contributed by atoms with E-state index in [1.807, 2.05) is 0 Å². The molecule has 0 spiro atoms. The van der Waals surface area contributed by atoms with Crippen molar-refractivity contribution >= 4 is 69.7 Å². The quantitative estimate of drug-likeness (QED) is 0.395. The van der Waals surface area contributed by atoms with Crippen LogP contribution < -0.4 is 0 Å². The maximum absolute atomic E-state index is 10.2. The normalized spacial score (nSPS) is 15.8. The van der Waals surface area contributed by atoms with E-state index < -0.39 is 0 Å². The molecule has 0 saturated carbocycles. The van der Waals surface area contributed by atoms with Gasteiger partial charge in [-0.2, -0.15) is 0 Å². The number of nitrogens with zero attached hydrogens (tertiary/aromatic N) is 2. The van der Waals surface area contributed by atoms with Gasteiger partial charge in [-0.05, 0) is 0 Å². The molecule has 0 fully saturated rings. The molecule has 0 unspecified atom stereocenters. The number of ketones is 1. The van der Waals surface area contributed by atoms with Crippen LogP contribution in [-0.2, 0) is 4.79 Å². The molecule has 38 valence electrons.